The summed E-state index contributed by atoms with van der Waals surface area (Å²) in [7, 11) is 0. The number of amides is 1. The molecular formula is C21H15N3O2. The Balaban J connectivity index is 1.65. The molecule has 5 nitrogen and oxygen atoms in total. The molecule has 1 amide bonds. The van der Waals surface area contributed by atoms with Gasteiger partial charge in [-0.15, -0.1) is 0 Å². The lowest BCUT2D eigenvalue weighted by Gasteiger charge is -2.10. The zero-order chi connectivity index (χ0) is 17.9. The van der Waals surface area contributed by atoms with Crippen molar-refractivity contribution in [2.75, 3.05) is 5.32 Å². The fourth-order valence-electron chi connectivity index (χ4n) is 2.82. The van der Waals surface area contributed by atoms with E-state index in [0.29, 0.717) is 22.4 Å². The number of hydrogen-bond acceptors (Lipinski definition) is 3. The highest BCUT2D eigenvalue weighted by Gasteiger charge is 2.18. The molecule has 0 aliphatic carbocycles. The highest BCUT2D eigenvalue weighted by Crippen LogP contribution is 2.18. The summed E-state index contributed by atoms with van der Waals surface area (Å²) in [5.41, 5.74) is 2.78. The van der Waals surface area contributed by atoms with E-state index in [4.69, 9.17) is 0 Å². The van der Waals surface area contributed by atoms with Crippen molar-refractivity contribution in [1.82, 2.24) is 9.61 Å². The van der Waals surface area contributed by atoms with E-state index in [1.54, 1.807) is 71.5 Å². The summed E-state index contributed by atoms with van der Waals surface area (Å²) in [5, 5.41) is 6.98. The van der Waals surface area contributed by atoms with Gasteiger partial charge in [-0.3, -0.25) is 9.59 Å². The molecule has 26 heavy (non-hydrogen) atoms. The van der Waals surface area contributed by atoms with Crippen LogP contribution in [0.15, 0.2) is 85.2 Å². The Morgan fingerprint density at radius 3 is 2.38 bits per heavy atom. The lowest BCUT2D eigenvalue weighted by molar-refractivity contribution is 0.0996. The molecule has 0 saturated carbocycles. The number of hydrogen-bond donors (Lipinski definition) is 1. The van der Waals surface area contributed by atoms with Crippen LogP contribution in [0.3, 0.4) is 0 Å². The molecule has 2 heterocycles. The molecule has 0 aliphatic heterocycles. The number of benzene rings is 2. The number of nitrogens with zero attached hydrogens (tertiary/aromatic N) is 2. The monoisotopic (exact) mass is 341 g/mol. The number of aromatic nitrogens is 2. The van der Waals surface area contributed by atoms with Crippen molar-refractivity contribution in [1.29, 1.82) is 0 Å². The fourth-order valence-corrected chi connectivity index (χ4v) is 2.82. The number of carbonyl (C=O) groups excluding carboxylic acids is 2. The summed E-state index contributed by atoms with van der Waals surface area (Å²) >= 11 is 0. The number of carbonyl (C=O) groups is 2. The zero-order valence-electron chi connectivity index (χ0n) is 13.8. The molecule has 0 aliphatic rings. The maximum atomic E-state index is 12.8. The van der Waals surface area contributed by atoms with Gasteiger partial charge in [-0.25, -0.2) is 4.52 Å². The van der Waals surface area contributed by atoms with Crippen molar-refractivity contribution in [3.8, 4) is 0 Å². The molecule has 0 saturated heterocycles. The predicted octanol–water partition coefficient (Wildman–Crippen LogP) is 3.82. The molecule has 2 aromatic carbocycles. The third-order valence-electron chi connectivity index (χ3n) is 4.11. The Labute approximate surface area is 149 Å². The lowest BCUT2D eigenvalue weighted by Crippen LogP contribution is -2.17. The minimum Gasteiger partial charge on any atom is -0.322 e. The SMILES string of the molecule is O=C(Nc1ccn2nccc2c1)c1ccccc1C(=O)c1ccccc1. The minimum absolute atomic E-state index is 0.178. The van der Waals surface area contributed by atoms with E-state index in [1.807, 2.05) is 18.2 Å². The van der Waals surface area contributed by atoms with Gasteiger partial charge < -0.3 is 5.32 Å². The van der Waals surface area contributed by atoms with Gasteiger partial charge in [0.05, 0.1) is 11.1 Å². The van der Waals surface area contributed by atoms with Crippen LogP contribution in [-0.2, 0) is 0 Å². The molecule has 0 atom stereocenters. The first-order chi connectivity index (χ1) is 12.7. The van der Waals surface area contributed by atoms with Crippen LogP contribution >= 0.6 is 0 Å². The smallest absolute Gasteiger partial charge is 0.256 e. The van der Waals surface area contributed by atoms with E-state index in [0.717, 1.165) is 5.52 Å². The molecule has 5 heteroatoms. The largest absolute Gasteiger partial charge is 0.322 e. The van der Waals surface area contributed by atoms with Gasteiger partial charge in [0.25, 0.3) is 5.91 Å². The summed E-state index contributed by atoms with van der Waals surface area (Å²) < 4.78 is 1.71. The highest BCUT2D eigenvalue weighted by atomic mass is 16.2. The first kappa shape index (κ1) is 15.8. The Kier molecular flexibility index (Phi) is 4.03. The second kappa shape index (κ2) is 6.64. The van der Waals surface area contributed by atoms with Crippen LogP contribution in [0.2, 0.25) is 0 Å². The number of anilines is 1. The van der Waals surface area contributed by atoms with Crippen LogP contribution in [0, 0.1) is 0 Å². The first-order valence-electron chi connectivity index (χ1n) is 8.16. The van der Waals surface area contributed by atoms with Gasteiger partial charge in [0.1, 0.15) is 0 Å². The number of rotatable bonds is 4. The average Bonchev–Trinajstić information content (AvgIpc) is 3.16. The highest BCUT2D eigenvalue weighted by molar-refractivity contribution is 6.17. The third-order valence-corrected chi connectivity index (χ3v) is 4.11. The van der Waals surface area contributed by atoms with Gasteiger partial charge in [-0.05, 0) is 24.3 Å². The Hall–Kier alpha value is -3.73. The third kappa shape index (κ3) is 2.98. The van der Waals surface area contributed by atoms with Crippen LogP contribution < -0.4 is 5.32 Å². The van der Waals surface area contributed by atoms with Gasteiger partial charge >= 0.3 is 0 Å². The van der Waals surface area contributed by atoms with Gasteiger partial charge in [0, 0.05) is 29.2 Å². The summed E-state index contributed by atoms with van der Waals surface area (Å²) in [5.74, 6) is -0.503. The molecule has 0 bridgehead atoms. The number of fused-ring (bicyclic) bond motifs is 1. The van der Waals surface area contributed by atoms with Gasteiger partial charge in [-0.1, -0.05) is 48.5 Å². The Morgan fingerprint density at radius 1 is 0.846 bits per heavy atom. The Morgan fingerprint density at radius 2 is 1.58 bits per heavy atom. The van der Waals surface area contributed by atoms with Gasteiger partial charge in [0.15, 0.2) is 5.78 Å². The van der Waals surface area contributed by atoms with Crippen molar-refractivity contribution >= 4 is 22.9 Å². The van der Waals surface area contributed by atoms with Crippen molar-refractivity contribution in [3.63, 3.8) is 0 Å². The van der Waals surface area contributed by atoms with E-state index < -0.39 is 0 Å². The van der Waals surface area contributed by atoms with Gasteiger partial charge in [-0.2, -0.15) is 5.10 Å². The van der Waals surface area contributed by atoms with E-state index in [9.17, 15) is 9.59 Å². The summed E-state index contributed by atoms with van der Waals surface area (Å²) in [6.07, 6.45) is 3.46. The van der Waals surface area contributed by atoms with Crippen LogP contribution in [0.1, 0.15) is 26.3 Å². The predicted molar refractivity (Wildman–Crippen MR) is 99.5 cm³/mol. The van der Waals surface area contributed by atoms with Crippen LogP contribution in [0.25, 0.3) is 5.52 Å². The average molecular weight is 341 g/mol. The van der Waals surface area contributed by atoms with E-state index in [2.05, 4.69) is 10.4 Å². The maximum Gasteiger partial charge on any atom is 0.256 e. The van der Waals surface area contributed by atoms with Crippen LogP contribution in [0.5, 0.6) is 0 Å². The summed E-state index contributed by atoms with van der Waals surface area (Å²) in [6.45, 7) is 0. The molecule has 2 aromatic heterocycles. The number of pyridine rings is 1. The molecule has 4 rings (SSSR count). The van der Waals surface area contributed by atoms with Crippen molar-refractivity contribution in [2.24, 2.45) is 0 Å². The molecule has 0 fully saturated rings. The topological polar surface area (TPSA) is 63.5 Å². The van der Waals surface area contributed by atoms with Gasteiger partial charge in [0.2, 0.25) is 0 Å². The molecular weight excluding hydrogens is 326 g/mol. The molecule has 4 aromatic rings. The zero-order valence-corrected chi connectivity index (χ0v) is 13.8. The van der Waals surface area contributed by atoms with Crippen molar-refractivity contribution < 1.29 is 9.59 Å². The van der Waals surface area contributed by atoms with E-state index in [1.165, 1.54) is 0 Å². The fraction of sp³-hybridized carbons (Fsp3) is 0. The number of nitrogens with one attached hydrogen (secondary N) is 1. The second-order valence-corrected chi connectivity index (χ2v) is 5.81. The van der Waals surface area contributed by atoms with E-state index in [-0.39, 0.29) is 11.7 Å². The minimum atomic E-state index is -0.325. The molecule has 1 N–H and O–H groups in total. The molecule has 0 radical (unpaired) electrons. The normalized spacial score (nSPS) is 10.6. The summed E-state index contributed by atoms with van der Waals surface area (Å²) in [4.78, 5) is 25.5. The Bertz CT molecular complexity index is 1100. The van der Waals surface area contributed by atoms with Crippen molar-refractivity contribution in [3.05, 3.63) is 102 Å². The molecule has 0 spiro atoms. The van der Waals surface area contributed by atoms with Crippen molar-refractivity contribution in [2.45, 2.75) is 0 Å². The van der Waals surface area contributed by atoms with Crippen LogP contribution in [-0.4, -0.2) is 21.3 Å². The summed E-state index contributed by atoms with van der Waals surface area (Å²) in [6, 6.07) is 21.2. The second-order valence-electron chi connectivity index (χ2n) is 5.81. The standard InChI is InChI=1S/C21H15N3O2/c25-20(15-6-2-1-3-7-15)18-8-4-5-9-19(18)21(26)23-16-11-13-24-17(14-16)10-12-22-24/h1-14H,(H,23,26). The quantitative estimate of drug-likeness (QED) is 0.574. The molecule has 126 valence electrons. The number of ketones is 1. The maximum absolute atomic E-state index is 12.8. The van der Waals surface area contributed by atoms with E-state index >= 15 is 0 Å². The van der Waals surface area contributed by atoms with Crippen LogP contribution in [0.4, 0.5) is 5.69 Å². The molecule has 0 unspecified atom stereocenters. The lowest BCUT2D eigenvalue weighted by atomic mass is 9.98. The first-order valence-corrected chi connectivity index (χ1v) is 8.16.